The van der Waals surface area contributed by atoms with Gasteiger partial charge in [0.2, 0.25) is 5.91 Å². The summed E-state index contributed by atoms with van der Waals surface area (Å²) in [4.78, 5) is 13.3. The smallest absolute Gasteiger partial charge is 0.236 e. The Balaban J connectivity index is 2.41. The third kappa shape index (κ3) is 2.15. The standard InChI is InChI=1S/C8H12N2OS/c1-7(12-6-9)8(11)10-4-2-3-5-10/h7H,2-5H2,1H3. The Morgan fingerprint density at radius 1 is 1.58 bits per heavy atom. The summed E-state index contributed by atoms with van der Waals surface area (Å²) in [5.74, 6) is 0.110. The van der Waals surface area contributed by atoms with Crippen molar-refractivity contribution in [2.24, 2.45) is 0 Å². The zero-order chi connectivity index (χ0) is 8.97. The van der Waals surface area contributed by atoms with Crippen molar-refractivity contribution in [3.63, 3.8) is 0 Å². The molecule has 1 fully saturated rings. The van der Waals surface area contributed by atoms with E-state index < -0.39 is 0 Å². The van der Waals surface area contributed by atoms with E-state index in [-0.39, 0.29) is 11.2 Å². The molecular weight excluding hydrogens is 172 g/mol. The Labute approximate surface area is 76.7 Å². The lowest BCUT2D eigenvalue weighted by molar-refractivity contribution is -0.129. The van der Waals surface area contributed by atoms with Gasteiger partial charge in [0.25, 0.3) is 0 Å². The fourth-order valence-corrected chi connectivity index (χ4v) is 1.73. The molecule has 0 N–H and O–H groups in total. The Bertz CT molecular complexity index is 206. The molecule has 1 aliphatic heterocycles. The first-order chi connectivity index (χ1) is 5.75. The molecule has 1 atom stereocenters. The number of rotatable bonds is 2. The van der Waals surface area contributed by atoms with Gasteiger partial charge in [-0.2, -0.15) is 5.26 Å². The van der Waals surface area contributed by atoms with E-state index in [1.807, 2.05) is 10.3 Å². The highest BCUT2D eigenvalue weighted by Gasteiger charge is 2.23. The van der Waals surface area contributed by atoms with Gasteiger partial charge in [-0.15, -0.1) is 0 Å². The van der Waals surface area contributed by atoms with E-state index in [9.17, 15) is 4.79 Å². The lowest BCUT2D eigenvalue weighted by Crippen LogP contribution is -2.33. The maximum Gasteiger partial charge on any atom is 0.236 e. The molecule has 1 unspecified atom stereocenters. The molecule has 0 aromatic heterocycles. The summed E-state index contributed by atoms with van der Waals surface area (Å²) in [7, 11) is 0. The van der Waals surface area contributed by atoms with Crippen LogP contribution in [0.5, 0.6) is 0 Å². The zero-order valence-corrected chi connectivity index (χ0v) is 7.93. The van der Waals surface area contributed by atoms with Crippen molar-refractivity contribution in [1.29, 1.82) is 5.26 Å². The number of carbonyl (C=O) groups excluding carboxylic acids is 1. The Morgan fingerprint density at radius 2 is 2.17 bits per heavy atom. The van der Waals surface area contributed by atoms with Crippen molar-refractivity contribution in [1.82, 2.24) is 4.90 Å². The summed E-state index contributed by atoms with van der Waals surface area (Å²) in [6.07, 6.45) is 2.21. The van der Waals surface area contributed by atoms with Crippen molar-refractivity contribution in [3.05, 3.63) is 0 Å². The second-order valence-electron chi connectivity index (χ2n) is 2.88. The van der Waals surface area contributed by atoms with Crippen molar-refractivity contribution in [3.8, 4) is 5.40 Å². The zero-order valence-electron chi connectivity index (χ0n) is 7.12. The van der Waals surface area contributed by atoms with Crippen molar-refractivity contribution < 1.29 is 4.79 Å². The molecule has 12 heavy (non-hydrogen) atoms. The van der Waals surface area contributed by atoms with Crippen LogP contribution in [0.4, 0.5) is 0 Å². The highest BCUT2D eigenvalue weighted by molar-refractivity contribution is 8.04. The number of thioether (sulfide) groups is 1. The molecule has 1 aliphatic rings. The summed E-state index contributed by atoms with van der Waals surface area (Å²) in [5, 5.41) is 10.1. The van der Waals surface area contributed by atoms with Crippen LogP contribution in [0.1, 0.15) is 19.8 Å². The third-order valence-corrected chi connectivity index (χ3v) is 2.66. The van der Waals surface area contributed by atoms with Crippen LogP contribution in [0.2, 0.25) is 0 Å². The Kier molecular flexibility index (Phi) is 3.42. The van der Waals surface area contributed by atoms with Gasteiger partial charge in [0.05, 0.1) is 5.25 Å². The number of amides is 1. The molecule has 1 rings (SSSR count). The first-order valence-electron chi connectivity index (χ1n) is 4.09. The van der Waals surface area contributed by atoms with Gasteiger partial charge in [0.1, 0.15) is 5.40 Å². The van der Waals surface area contributed by atoms with Gasteiger partial charge in [0.15, 0.2) is 0 Å². The molecule has 66 valence electrons. The Hall–Kier alpha value is -0.690. The molecule has 0 saturated carbocycles. The third-order valence-electron chi connectivity index (χ3n) is 1.99. The van der Waals surface area contributed by atoms with Gasteiger partial charge in [-0.3, -0.25) is 4.79 Å². The fraction of sp³-hybridized carbons (Fsp3) is 0.750. The summed E-state index contributed by atoms with van der Waals surface area (Å²) in [6, 6.07) is 0. The number of hydrogen-bond acceptors (Lipinski definition) is 3. The Morgan fingerprint density at radius 3 is 2.67 bits per heavy atom. The molecule has 0 spiro atoms. The maximum atomic E-state index is 11.5. The molecule has 0 bridgehead atoms. The highest BCUT2D eigenvalue weighted by atomic mass is 32.2. The summed E-state index contributed by atoms with van der Waals surface area (Å²) >= 11 is 1.04. The SMILES string of the molecule is CC(SC#N)C(=O)N1CCCC1. The van der Waals surface area contributed by atoms with Crippen molar-refractivity contribution >= 4 is 17.7 Å². The average Bonchev–Trinajstić information content (AvgIpc) is 2.55. The number of likely N-dealkylation sites (tertiary alicyclic amines) is 1. The molecule has 3 nitrogen and oxygen atoms in total. The average molecular weight is 184 g/mol. The van der Waals surface area contributed by atoms with Crippen molar-refractivity contribution in [2.45, 2.75) is 25.0 Å². The molecule has 1 amide bonds. The summed E-state index contributed by atoms with van der Waals surface area (Å²) in [5.41, 5.74) is 0. The lowest BCUT2D eigenvalue weighted by atomic mass is 10.4. The number of nitriles is 1. The highest BCUT2D eigenvalue weighted by Crippen LogP contribution is 2.15. The predicted molar refractivity (Wildman–Crippen MR) is 48.5 cm³/mol. The fourth-order valence-electron chi connectivity index (χ4n) is 1.32. The maximum absolute atomic E-state index is 11.5. The molecule has 1 saturated heterocycles. The minimum atomic E-state index is -0.201. The van der Waals surface area contributed by atoms with Gasteiger partial charge in [-0.05, 0) is 31.5 Å². The van der Waals surface area contributed by atoms with Gasteiger partial charge in [-0.1, -0.05) is 0 Å². The van der Waals surface area contributed by atoms with E-state index in [1.165, 1.54) is 0 Å². The normalized spacial score (nSPS) is 18.8. The van der Waals surface area contributed by atoms with Crippen molar-refractivity contribution in [2.75, 3.05) is 13.1 Å². The van der Waals surface area contributed by atoms with Gasteiger partial charge < -0.3 is 4.90 Å². The molecule has 0 aromatic carbocycles. The van der Waals surface area contributed by atoms with Crippen LogP contribution < -0.4 is 0 Å². The van der Waals surface area contributed by atoms with E-state index in [4.69, 9.17) is 5.26 Å². The van der Waals surface area contributed by atoms with Gasteiger partial charge >= 0.3 is 0 Å². The van der Waals surface area contributed by atoms with Crippen LogP contribution >= 0.6 is 11.8 Å². The number of nitrogens with zero attached hydrogens (tertiary/aromatic N) is 2. The van der Waals surface area contributed by atoms with Crippen LogP contribution in [0.25, 0.3) is 0 Å². The summed E-state index contributed by atoms with van der Waals surface area (Å²) in [6.45, 7) is 3.53. The minimum absolute atomic E-state index is 0.110. The van der Waals surface area contributed by atoms with Crippen LogP contribution in [-0.4, -0.2) is 29.1 Å². The number of hydrogen-bond donors (Lipinski definition) is 0. The van der Waals surface area contributed by atoms with Crippen LogP contribution in [0.3, 0.4) is 0 Å². The molecule has 0 aromatic rings. The number of thiocyanates is 1. The van der Waals surface area contributed by atoms with E-state index in [1.54, 1.807) is 6.92 Å². The molecule has 0 radical (unpaired) electrons. The van der Waals surface area contributed by atoms with Crippen LogP contribution in [-0.2, 0) is 4.79 Å². The molecule has 4 heteroatoms. The van der Waals surface area contributed by atoms with E-state index in [0.717, 1.165) is 37.7 Å². The van der Waals surface area contributed by atoms with E-state index in [0.29, 0.717) is 0 Å². The predicted octanol–water partition coefficient (Wildman–Crippen LogP) is 1.21. The second kappa shape index (κ2) is 4.36. The van der Waals surface area contributed by atoms with Gasteiger partial charge in [0, 0.05) is 13.1 Å². The van der Waals surface area contributed by atoms with Crippen LogP contribution in [0.15, 0.2) is 0 Å². The topological polar surface area (TPSA) is 44.1 Å². The summed E-state index contributed by atoms with van der Waals surface area (Å²) < 4.78 is 0. The largest absolute Gasteiger partial charge is 0.342 e. The monoisotopic (exact) mass is 184 g/mol. The quantitative estimate of drug-likeness (QED) is 0.606. The van der Waals surface area contributed by atoms with E-state index >= 15 is 0 Å². The number of carbonyl (C=O) groups is 1. The first kappa shape index (κ1) is 9.40. The molecule has 0 aliphatic carbocycles. The van der Waals surface area contributed by atoms with E-state index in [2.05, 4.69) is 0 Å². The molecular formula is C8H12N2OS. The lowest BCUT2D eigenvalue weighted by Gasteiger charge is -2.17. The van der Waals surface area contributed by atoms with Gasteiger partial charge in [-0.25, -0.2) is 0 Å². The molecule has 1 heterocycles. The first-order valence-corrected chi connectivity index (χ1v) is 4.97. The minimum Gasteiger partial charge on any atom is -0.342 e. The van der Waals surface area contributed by atoms with Crippen LogP contribution in [0, 0.1) is 10.7 Å². The second-order valence-corrected chi connectivity index (χ2v) is 4.01.